The van der Waals surface area contributed by atoms with Crippen LogP contribution in [-0.4, -0.2) is 9.38 Å². The average molecular weight is 195 g/mol. The lowest BCUT2D eigenvalue weighted by Gasteiger charge is -1.88. The van der Waals surface area contributed by atoms with Crippen LogP contribution in [0.1, 0.15) is 11.1 Å². The Morgan fingerprint density at radius 2 is 2.13 bits per heavy atom. The van der Waals surface area contributed by atoms with E-state index in [-0.39, 0.29) is 0 Å². The molecule has 1 N–H and O–H groups in total. The summed E-state index contributed by atoms with van der Waals surface area (Å²) < 4.78 is 2.03. The van der Waals surface area contributed by atoms with Gasteiger partial charge in [0.1, 0.15) is 11.7 Å². The van der Waals surface area contributed by atoms with Gasteiger partial charge in [-0.15, -0.1) is 0 Å². The molecule has 0 aliphatic heterocycles. The van der Waals surface area contributed by atoms with E-state index in [0.29, 0.717) is 0 Å². The summed E-state index contributed by atoms with van der Waals surface area (Å²) in [5, 5.41) is 9.05. The number of aromatic amines is 1. The second-order valence-corrected chi connectivity index (χ2v) is 3.66. The number of nitrogens with one attached hydrogen (secondary N) is 1. The first kappa shape index (κ1) is 8.13. The predicted molar refractivity (Wildman–Crippen MR) is 58.7 cm³/mol. The Bertz CT molecular complexity index is 695. The normalized spacial score (nSPS) is 10.9. The lowest BCUT2D eigenvalue weighted by Crippen LogP contribution is -1.75. The molecule has 72 valence electrons. The minimum atomic E-state index is 0.728. The first-order valence-electron chi connectivity index (χ1n) is 4.80. The van der Waals surface area contributed by atoms with Gasteiger partial charge in [0.05, 0.1) is 16.6 Å². The van der Waals surface area contributed by atoms with E-state index in [1.54, 1.807) is 0 Å². The SMILES string of the molecule is Cc1cn2c([nH]c3ccccc32)c1C#N. The number of hydrogen-bond donors (Lipinski definition) is 1. The summed E-state index contributed by atoms with van der Waals surface area (Å²) in [5.41, 5.74) is 4.79. The van der Waals surface area contributed by atoms with Crippen LogP contribution in [0.3, 0.4) is 0 Å². The molecule has 3 heteroatoms. The number of aromatic nitrogens is 2. The van der Waals surface area contributed by atoms with Crippen LogP contribution in [0.15, 0.2) is 30.5 Å². The zero-order chi connectivity index (χ0) is 10.4. The molecule has 2 heterocycles. The van der Waals surface area contributed by atoms with E-state index in [9.17, 15) is 0 Å². The predicted octanol–water partition coefficient (Wildman–Crippen LogP) is 2.60. The number of fused-ring (bicyclic) bond motifs is 3. The van der Waals surface area contributed by atoms with Crippen molar-refractivity contribution >= 4 is 16.7 Å². The second kappa shape index (κ2) is 2.64. The summed E-state index contributed by atoms with van der Waals surface area (Å²) in [6.07, 6.45) is 1.99. The lowest BCUT2D eigenvalue weighted by molar-refractivity contribution is 1.26. The standard InChI is InChI=1S/C12H9N3/c1-8-7-15-11-5-3-2-4-10(11)14-12(15)9(8)6-13/h2-5,7,14H,1H3. The van der Waals surface area contributed by atoms with Gasteiger partial charge < -0.3 is 4.98 Å². The summed E-state index contributed by atoms with van der Waals surface area (Å²) in [6.45, 7) is 1.95. The van der Waals surface area contributed by atoms with Crippen LogP contribution in [0.2, 0.25) is 0 Å². The number of hydrogen-bond acceptors (Lipinski definition) is 1. The van der Waals surface area contributed by atoms with Crippen molar-refractivity contribution in [3.8, 4) is 6.07 Å². The van der Waals surface area contributed by atoms with Crippen LogP contribution in [0, 0.1) is 18.3 Å². The smallest absolute Gasteiger partial charge is 0.133 e. The van der Waals surface area contributed by atoms with Crippen molar-refractivity contribution in [3.05, 3.63) is 41.6 Å². The van der Waals surface area contributed by atoms with Crippen molar-refractivity contribution < 1.29 is 0 Å². The van der Waals surface area contributed by atoms with Gasteiger partial charge in [-0.3, -0.25) is 4.40 Å². The van der Waals surface area contributed by atoms with E-state index in [4.69, 9.17) is 5.26 Å². The molecule has 0 radical (unpaired) electrons. The molecule has 0 bridgehead atoms. The maximum Gasteiger partial charge on any atom is 0.133 e. The van der Waals surface area contributed by atoms with E-state index < -0.39 is 0 Å². The Morgan fingerprint density at radius 1 is 1.33 bits per heavy atom. The van der Waals surface area contributed by atoms with Gasteiger partial charge in [-0.25, -0.2) is 0 Å². The van der Waals surface area contributed by atoms with Gasteiger partial charge in [-0.1, -0.05) is 12.1 Å². The van der Waals surface area contributed by atoms with E-state index in [1.807, 2.05) is 41.8 Å². The first-order chi connectivity index (χ1) is 7.31. The number of benzene rings is 1. The van der Waals surface area contributed by atoms with Gasteiger partial charge in [-0.05, 0) is 24.6 Å². The quantitative estimate of drug-likeness (QED) is 0.588. The highest BCUT2D eigenvalue weighted by Gasteiger charge is 2.10. The molecule has 2 aromatic heterocycles. The zero-order valence-corrected chi connectivity index (χ0v) is 8.28. The van der Waals surface area contributed by atoms with Gasteiger partial charge >= 0.3 is 0 Å². The number of para-hydroxylation sites is 2. The number of nitriles is 1. The molecule has 3 nitrogen and oxygen atoms in total. The Balaban J connectivity index is 2.59. The maximum absolute atomic E-state index is 9.05. The molecular weight excluding hydrogens is 186 g/mol. The van der Waals surface area contributed by atoms with Gasteiger partial charge in [0.25, 0.3) is 0 Å². The van der Waals surface area contributed by atoms with Crippen LogP contribution in [0.5, 0.6) is 0 Å². The Hall–Kier alpha value is -2.21. The molecule has 15 heavy (non-hydrogen) atoms. The fourth-order valence-corrected chi connectivity index (χ4v) is 2.00. The molecule has 3 aromatic rings. The van der Waals surface area contributed by atoms with Crippen molar-refractivity contribution in [2.24, 2.45) is 0 Å². The Kier molecular flexibility index (Phi) is 1.43. The third-order valence-electron chi connectivity index (χ3n) is 2.72. The fraction of sp³-hybridized carbons (Fsp3) is 0.0833. The fourth-order valence-electron chi connectivity index (χ4n) is 2.00. The third-order valence-corrected chi connectivity index (χ3v) is 2.72. The van der Waals surface area contributed by atoms with Crippen LogP contribution in [0.4, 0.5) is 0 Å². The molecule has 0 aliphatic rings. The molecule has 0 aliphatic carbocycles. The van der Waals surface area contributed by atoms with Gasteiger partial charge in [0.15, 0.2) is 0 Å². The summed E-state index contributed by atoms with van der Waals surface area (Å²) in [4.78, 5) is 3.26. The van der Waals surface area contributed by atoms with Gasteiger partial charge in [-0.2, -0.15) is 5.26 Å². The van der Waals surface area contributed by atoms with E-state index in [0.717, 1.165) is 27.8 Å². The maximum atomic E-state index is 9.05. The van der Waals surface area contributed by atoms with Crippen LogP contribution in [-0.2, 0) is 0 Å². The topological polar surface area (TPSA) is 44.0 Å². The van der Waals surface area contributed by atoms with Crippen molar-refractivity contribution in [1.82, 2.24) is 9.38 Å². The molecular formula is C12H9N3. The Labute approximate surface area is 86.6 Å². The summed E-state index contributed by atoms with van der Waals surface area (Å²) in [6, 6.07) is 10.3. The zero-order valence-electron chi connectivity index (χ0n) is 8.28. The minimum absolute atomic E-state index is 0.728. The highest BCUT2D eigenvalue weighted by Crippen LogP contribution is 2.22. The monoisotopic (exact) mass is 195 g/mol. The third kappa shape index (κ3) is 0.934. The summed E-state index contributed by atoms with van der Waals surface area (Å²) in [7, 11) is 0. The highest BCUT2D eigenvalue weighted by molar-refractivity contribution is 5.83. The number of imidazole rings is 1. The molecule has 0 amide bonds. The molecule has 0 atom stereocenters. The molecule has 0 unspecified atom stereocenters. The lowest BCUT2D eigenvalue weighted by atomic mass is 10.2. The number of aryl methyl sites for hydroxylation is 1. The number of rotatable bonds is 0. The van der Waals surface area contributed by atoms with Gasteiger partial charge in [0.2, 0.25) is 0 Å². The molecule has 0 saturated heterocycles. The molecule has 1 aromatic carbocycles. The highest BCUT2D eigenvalue weighted by atomic mass is 15.0. The van der Waals surface area contributed by atoms with E-state index >= 15 is 0 Å². The summed E-state index contributed by atoms with van der Waals surface area (Å²) >= 11 is 0. The van der Waals surface area contributed by atoms with Crippen LogP contribution >= 0.6 is 0 Å². The number of nitrogens with zero attached hydrogens (tertiary/aromatic N) is 2. The average Bonchev–Trinajstić information content (AvgIpc) is 2.72. The minimum Gasteiger partial charge on any atom is -0.339 e. The van der Waals surface area contributed by atoms with E-state index in [2.05, 4.69) is 11.1 Å². The summed E-state index contributed by atoms with van der Waals surface area (Å²) in [5.74, 6) is 0. The van der Waals surface area contributed by atoms with Crippen LogP contribution in [0.25, 0.3) is 16.7 Å². The Morgan fingerprint density at radius 3 is 2.93 bits per heavy atom. The van der Waals surface area contributed by atoms with Crippen molar-refractivity contribution in [2.75, 3.05) is 0 Å². The molecule has 0 spiro atoms. The molecule has 0 saturated carbocycles. The molecule has 0 fully saturated rings. The largest absolute Gasteiger partial charge is 0.339 e. The molecule has 3 rings (SSSR count). The van der Waals surface area contributed by atoms with Crippen molar-refractivity contribution in [2.45, 2.75) is 6.92 Å². The van der Waals surface area contributed by atoms with E-state index in [1.165, 1.54) is 0 Å². The first-order valence-corrected chi connectivity index (χ1v) is 4.80. The van der Waals surface area contributed by atoms with Crippen molar-refractivity contribution in [3.63, 3.8) is 0 Å². The van der Waals surface area contributed by atoms with Crippen molar-refractivity contribution in [1.29, 1.82) is 5.26 Å². The number of H-pyrrole nitrogens is 1. The second-order valence-electron chi connectivity index (χ2n) is 3.66. The van der Waals surface area contributed by atoms with Crippen LogP contribution < -0.4 is 0 Å². The van der Waals surface area contributed by atoms with Gasteiger partial charge in [0, 0.05) is 6.20 Å².